The van der Waals surface area contributed by atoms with Gasteiger partial charge < -0.3 is 18.9 Å². The molecule has 0 saturated carbocycles. The maximum absolute atomic E-state index is 14.0. The van der Waals surface area contributed by atoms with E-state index in [2.05, 4.69) is 0 Å². The summed E-state index contributed by atoms with van der Waals surface area (Å²) in [4.78, 5) is 32.9. The van der Waals surface area contributed by atoms with Crippen LogP contribution in [-0.2, 0) is 9.53 Å². The van der Waals surface area contributed by atoms with Gasteiger partial charge in [-0.2, -0.15) is 0 Å². The van der Waals surface area contributed by atoms with Crippen molar-refractivity contribution in [2.45, 2.75) is 13.0 Å². The summed E-state index contributed by atoms with van der Waals surface area (Å²) in [5, 5.41) is 0. The zero-order valence-electron chi connectivity index (χ0n) is 22.5. The number of hydrogen-bond donors (Lipinski definition) is 0. The number of fused-ring (bicyclic) bond motifs is 1. The van der Waals surface area contributed by atoms with Crippen LogP contribution < -0.4 is 29.1 Å². The van der Waals surface area contributed by atoms with Crippen molar-refractivity contribution in [3.63, 3.8) is 0 Å². The van der Waals surface area contributed by atoms with Crippen LogP contribution in [0.3, 0.4) is 0 Å². The summed E-state index contributed by atoms with van der Waals surface area (Å²) >= 11 is 1.25. The lowest BCUT2D eigenvalue weighted by molar-refractivity contribution is -0.138. The Morgan fingerprint density at radius 2 is 1.73 bits per heavy atom. The van der Waals surface area contributed by atoms with Crippen molar-refractivity contribution in [3.05, 3.63) is 115 Å². The second-order valence-corrected chi connectivity index (χ2v) is 9.83. The van der Waals surface area contributed by atoms with Gasteiger partial charge in [-0.15, -0.1) is 0 Å². The monoisotopic (exact) mass is 556 g/mol. The van der Waals surface area contributed by atoms with Gasteiger partial charge >= 0.3 is 5.97 Å². The van der Waals surface area contributed by atoms with E-state index in [0.717, 1.165) is 11.1 Å². The third-order valence-corrected chi connectivity index (χ3v) is 7.47. The number of nitrogens with zero attached hydrogens (tertiary/aromatic N) is 2. The first kappa shape index (κ1) is 27.0. The standard InChI is InChI=1S/C31H28N2O6S/c1-5-39-30(35)26-27(20-10-7-6-8-11-20)32-31-33(28(26)21-12-9-13-22(18-21)36-2)29(34)25(40-31)17-19-14-15-23(37-3)24(16-19)38-4/h6-18,28H,5H2,1-4H3/b25-17-/t28-/m1/s1. The minimum Gasteiger partial charge on any atom is -0.497 e. The summed E-state index contributed by atoms with van der Waals surface area (Å²) in [5.41, 5.74) is 2.67. The highest BCUT2D eigenvalue weighted by molar-refractivity contribution is 7.07. The average molecular weight is 557 g/mol. The molecule has 1 aromatic heterocycles. The van der Waals surface area contributed by atoms with Gasteiger partial charge in [0, 0.05) is 5.56 Å². The highest BCUT2D eigenvalue weighted by Crippen LogP contribution is 2.36. The maximum atomic E-state index is 14.0. The number of carbonyl (C=O) groups is 1. The molecule has 1 aliphatic rings. The number of hydrogen-bond acceptors (Lipinski definition) is 8. The van der Waals surface area contributed by atoms with E-state index in [1.807, 2.05) is 60.7 Å². The quantitative estimate of drug-likeness (QED) is 0.306. The van der Waals surface area contributed by atoms with E-state index in [9.17, 15) is 9.59 Å². The molecule has 8 nitrogen and oxygen atoms in total. The number of carbonyl (C=O) groups excluding carboxylic acids is 1. The van der Waals surface area contributed by atoms with Gasteiger partial charge in [-0.25, -0.2) is 9.79 Å². The number of benzene rings is 3. The lowest BCUT2D eigenvalue weighted by Crippen LogP contribution is -2.40. The number of aromatic nitrogens is 1. The van der Waals surface area contributed by atoms with Crippen molar-refractivity contribution in [3.8, 4) is 17.2 Å². The summed E-state index contributed by atoms with van der Waals surface area (Å²) in [7, 11) is 4.70. The minimum absolute atomic E-state index is 0.180. The van der Waals surface area contributed by atoms with Crippen LogP contribution in [0.1, 0.15) is 29.7 Å². The zero-order valence-corrected chi connectivity index (χ0v) is 23.4. The largest absolute Gasteiger partial charge is 0.497 e. The Hall–Kier alpha value is -4.63. The van der Waals surface area contributed by atoms with Crippen LogP contribution in [0.4, 0.5) is 0 Å². The topological polar surface area (TPSA) is 88.4 Å². The highest BCUT2D eigenvalue weighted by Gasteiger charge is 2.35. The molecule has 1 atom stereocenters. The van der Waals surface area contributed by atoms with Gasteiger partial charge in [-0.05, 0) is 48.4 Å². The summed E-state index contributed by atoms with van der Waals surface area (Å²) in [6.45, 7) is 1.93. The van der Waals surface area contributed by atoms with Crippen molar-refractivity contribution in [1.82, 2.24) is 4.57 Å². The molecule has 5 rings (SSSR count). The molecule has 4 aromatic rings. The van der Waals surface area contributed by atoms with Crippen molar-refractivity contribution >= 4 is 29.1 Å². The van der Waals surface area contributed by atoms with E-state index in [1.165, 1.54) is 11.3 Å². The molecule has 3 aromatic carbocycles. The molecule has 0 radical (unpaired) electrons. The van der Waals surface area contributed by atoms with Crippen LogP contribution in [-0.4, -0.2) is 38.5 Å². The lowest BCUT2D eigenvalue weighted by Gasteiger charge is -2.26. The van der Waals surface area contributed by atoms with Crippen molar-refractivity contribution in [2.24, 2.45) is 4.99 Å². The second-order valence-electron chi connectivity index (χ2n) is 8.82. The number of thiazole rings is 1. The number of ether oxygens (including phenoxy) is 4. The molecule has 9 heteroatoms. The van der Waals surface area contributed by atoms with Gasteiger partial charge in [0.1, 0.15) is 5.75 Å². The van der Waals surface area contributed by atoms with Gasteiger partial charge in [-0.1, -0.05) is 59.9 Å². The molecule has 0 amide bonds. The summed E-state index contributed by atoms with van der Waals surface area (Å²) in [6.07, 6.45) is 1.78. The summed E-state index contributed by atoms with van der Waals surface area (Å²) in [6, 6.07) is 21.4. The Morgan fingerprint density at radius 3 is 2.42 bits per heavy atom. The summed E-state index contributed by atoms with van der Waals surface area (Å²) in [5.74, 6) is 1.21. The number of methoxy groups -OCH3 is 3. The van der Waals surface area contributed by atoms with E-state index in [4.69, 9.17) is 23.9 Å². The molecular formula is C31H28N2O6S. The molecule has 0 spiro atoms. The second kappa shape index (κ2) is 11.6. The molecule has 0 saturated heterocycles. The third-order valence-electron chi connectivity index (χ3n) is 6.49. The zero-order chi connectivity index (χ0) is 28.2. The predicted molar refractivity (Wildman–Crippen MR) is 154 cm³/mol. The van der Waals surface area contributed by atoms with E-state index >= 15 is 0 Å². The molecule has 2 heterocycles. The fourth-order valence-corrected chi connectivity index (χ4v) is 5.66. The Morgan fingerprint density at radius 1 is 0.950 bits per heavy atom. The predicted octanol–water partition coefficient (Wildman–Crippen LogP) is 3.96. The fourth-order valence-electron chi connectivity index (χ4n) is 4.66. The van der Waals surface area contributed by atoms with E-state index in [1.54, 1.807) is 51.0 Å². The molecule has 0 fully saturated rings. The number of rotatable bonds is 8. The molecule has 0 aliphatic carbocycles. The molecular weight excluding hydrogens is 528 g/mol. The number of esters is 1. The van der Waals surface area contributed by atoms with E-state index in [-0.39, 0.29) is 17.7 Å². The summed E-state index contributed by atoms with van der Waals surface area (Å²) < 4.78 is 23.8. The lowest BCUT2D eigenvalue weighted by atomic mass is 9.93. The van der Waals surface area contributed by atoms with Gasteiger partial charge in [0.05, 0.1) is 49.8 Å². The van der Waals surface area contributed by atoms with Gasteiger partial charge in [0.2, 0.25) is 0 Å². The smallest absolute Gasteiger partial charge is 0.338 e. The minimum atomic E-state index is -0.784. The van der Waals surface area contributed by atoms with Gasteiger partial charge in [-0.3, -0.25) is 9.36 Å². The average Bonchev–Trinajstić information content (AvgIpc) is 3.30. The van der Waals surface area contributed by atoms with Crippen LogP contribution in [0, 0.1) is 0 Å². The van der Waals surface area contributed by atoms with Crippen LogP contribution in [0.25, 0.3) is 11.8 Å². The molecule has 0 unspecified atom stereocenters. The SMILES string of the molecule is CCOC(=O)C1=C(c2ccccc2)N=c2s/c(=C\c3ccc(OC)c(OC)c3)c(=O)n2[C@@H]1c1cccc(OC)c1. The molecule has 1 aliphatic heterocycles. The Labute approximate surface area is 235 Å². The van der Waals surface area contributed by atoms with Crippen LogP contribution in [0.2, 0.25) is 0 Å². The molecule has 0 N–H and O–H groups in total. The van der Waals surface area contributed by atoms with Crippen LogP contribution >= 0.6 is 11.3 Å². The molecule has 40 heavy (non-hydrogen) atoms. The Balaban J connectivity index is 1.81. The van der Waals surface area contributed by atoms with E-state index < -0.39 is 12.0 Å². The molecule has 204 valence electrons. The van der Waals surface area contributed by atoms with Crippen molar-refractivity contribution in [2.75, 3.05) is 27.9 Å². The van der Waals surface area contributed by atoms with Crippen LogP contribution in [0.15, 0.2) is 88.2 Å². The normalized spacial score (nSPS) is 14.8. The first-order chi connectivity index (χ1) is 19.5. The first-order valence-electron chi connectivity index (χ1n) is 12.6. The first-order valence-corrected chi connectivity index (χ1v) is 13.4. The van der Waals surface area contributed by atoms with Gasteiger partial charge in [0.25, 0.3) is 5.56 Å². The van der Waals surface area contributed by atoms with Crippen LogP contribution in [0.5, 0.6) is 17.2 Å². The van der Waals surface area contributed by atoms with Crippen molar-refractivity contribution in [1.29, 1.82) is 0 Å². The fraction of sp³-hybridized carbons (Fsp3) is 0.194. The Kier molecular flexibility index (Phi) is 7.84. The Bertz CT molecular complexity index is 1770. The van der Waals surface area contributed by atoms with Crippen molar-refractivity contribution < 1.29 is 23.7 Å². The molecule has 0 bridgehead atoms. The highest BCUT2D eigenvalue weighted by atomic mass is 32.1. The van der Waals surface area contributed by atoms with Gasteiger partial charge in [0.15, 0.2) is 16.3 Å². The van der Waals surface area contributed by atoms with E-state index in [0.29, 0.717) is 37.8 Å². The third kappa shape index (κ3) is 5.03. The maximum Gasteiger partial charge on any atom is 0.338 e.